The summed E-state index contributed by atoms with van der Waals surface area (Å²) in [6, 6.07) is 22.1. The van der Waals surface area contributed by atoms with Gasteiger partial charge in [-0.3, -0.25) is 15.2 Å². The highest BCUT2D eigenvalue weighted by atomic mass is 32.1. The van der Waals surface area contributed by atoms with Crippen molar-refractivity contribution in [2.45, 2.75) is 6.42 Å². The van der Waals surface area contributed by atoms with E-state index in [1.54, 1.807) is 36.4 Å². The number of ketones is 1. The average Bonchev–Trinajstić information content (AvgIpc) is 3.49. The maximum atomic E-state index is 13.1. The number of hydrogen-bond donors (Lipinski definition) is 1. The van der Waals surface area contributed by atoms with Crippen LogP contribution in [0.15, 0.2) is 77.1 Å². The molecule has 0 atom stereocenters. The first kappa shape index (κ1) is 18.9. The van der Waals surface area contributed by atoms with Gasteiger partial charge in [-0.05, 0) is 41.3 Å². The molecule has 2 aromatic heterocycles. The minimum atomic E-state index is -0.226. The van der Waals surface area contributed by atoms with E-state index in [9.17, 15) is 10.1 Å². The van der Waals surface area contributed by atoms with Gasteiger partial charge >= 0.3 is 0 Å². The fourth-order valence-electron chi connectivity index (χ4n) is 3.59. The van der Waals surface area contributed by atoms with Crippen LogP contribution in [0.1, 0.15) is 32.1 Å². The molecule has 1 aliphatic rings. The topological polar surface area (TPSA) is 94.9 Å². The lowest BCUT2D eigenvalue weighted by Gasteiger charge is -2.13. The van der Waals surface area contributed by atoms with E-state index in [0.717, 1.165) is 11.3 Å². The molecule has 0 radical (unpaired) electrons. The fraction of sp³-hybridized carbons (Fsp3) is 0.0417. The zero-order valence-corrected chi connectivity index (χ0v) is 17.1. The molecule has 0 saturated carbocycles. The third-order valence-electron chi connectivity index (χ3n) is 5.10. The largest absolute Gasteiger partial charge is 0.286 e. The second-order valence-corrected chi connectivity index (χ2v) is 7.95. The first-order valence-corrected chi connectivity index (χ1v) is 10.5. The second-order valence-electron chi connectivity index (χ2n) is 7.00. The molecular formula is C24H15N5OS. The van der Waals surface area contributed by atoms with Gasteiger partial charge < -0.3 is 0 Å². The molecule has 3 heterocycles. The molecule has 1 N–H and O–H groups in total. The first-order valence-electron chi connectivity index (χ1n) is 9.58. The van der Waals surface area contributed by atoms with Gasteiger partial charge in [-0.2, -0.15) is 10.4 Å². The molecule has 0 unspecified atom stereocenters. The first-order chi connectivity index (χ1) is 15.2. The molecule has 1 aliphatic heterocycles. The molecule has 6 nitrogen and oxygen atoms in total. The molecule has 5 rings (SSSR count). The Morgan fingerprint density at radius 1 is 1.10 bits per heavy atom. The number of thiophene rings is 1. The van der Waals surface area contributed by atoms with Crippen molar-refractivity contribution in [1.82, 2.24) is 9.78 Å². The number of carbonyl (C=O) groups excluding carboxylic acids is 1. The molecule has 0 spiro atoms. The van der Waals surface area contributed by atoms with Crippen LogP contribution in [-0.2, 0) is 6.42 Å². The number of nitriles is 1. The van der Waals surface area contributed by atoms with Gasteiger partial charge in [-0.25, -0.2) is 4.68 Å². The van der Waals surface area contributed by atoms with E-state index in [0.29, 0.717) is 33.8 Å². The van der Waals surface area contributed by atoms with Crippen LogP contribution in [0.25, 0.3) is 5.69 Å². The highest BCUT2D eigenvalue weighted by molar-refractivity contribution is 7.12. The van der Waals surface area contributed by atoms with Crippen molar-refractivity contribution < 1.29 is 4.79 Å². The van der Waals surface area contributed by atoms with Crippen molar-refractivity contribution in [1.29, 1.82) is 10.7 Å². The van der Waals surface area contributed by atoms with Gasteiger partial charge in [-0.1, -0.05) is 36.4 Å². The van der Waals surface area contributed by atoms with E-state index in [1.807, 2.05) is 35.7 Å². The zero-order chi connectivity index (χ0) is 21.4. The predicted molar refractivity (Wildman–Crippen MR) is 118 cm³/mol. The monoisotopic (exact) mass is 421 g/mol. The van der Waals surface area contributed by atoms with Crippen molar-refractivity contribution in [3.05, 3.63) is 105 Å². The van der Waals surface area contributed by atoms with Gasteiger partial charge in [0, 0.05) is 12.0 Å². The molecule has 4 aromatic rings. The quantitative estimate of drug-likeness (QED) is 0.501. The summed E-state index contributed by atoms with van der Waals surface area (Å²) in [7, 11) is 0. The van der Waals surface area contributed by atoms with Gasteiger partial charge in [0.15, 0.2) is 5.49 Å². The van der Waals surface area contributed by atoms with Crippen molar-refractivity contribution in [2.24, 2.45) is 4.99 Å². The summed E-state index contributed by atoms with van der Waals surface area (Å²) < 4.78 is 1.36. The van der Waals surface area contributed by atoms with Crippen molar-refractivity contribution >= 4 is 28.5 Å². The van der Waals surface area contributed by atoms with Gasteiger partial charge in [0.1, 0.15) is 11.8 Å². The molecule has 7 heteroatoms. The molecule has 148 valence electrons. The molecule has 0 saturated heterocycles. The molecule has 0 bridgehead atoms. The van der Waals surface area contributed by atoms with Crippen LogP contribution in [0.4, 0.5) is 5.69 Å². The third kappa shape index (κ3) is 3.29. The lowest BCUT2D eigenvalue weighted by molar-refractivity contribution is 0.103. The molecule has 2 aromatic carbocycles. The number of nitrogens with one attached hydrogen (secondary N) is 1. The number of carbonyl (C=O) groups is 1. The number of aliphatic imine (C=N–C) groups is 1. The van der Waals surface area contributed by atoms with Crippen LogP contribution in [0.2, 0.25) is 0 Å². The zero-order valence-electron chi connectivity index (χ0n) is 16.2. The number of hydrogen-bond acceptors (Lipinski definition) is 6. The summed E-state index contributed by atoms with van der Waals surface area (Å²) in [5.74, 6) is -0.226. The van der Waals surface area contributed by atoms with Gasteiger partial charge in [0.25, 0.3) is 0 Å². The van der Waals surface area contributed by atoms with Crippen molar-refractivity contribution in [3.63, 3.8) is 0 Å². The van der Waals surface area contributed by atoms with Gasteiger partial charge in [0.2, 0.25) is 5.78 Å². The SMILES string of the molecule is N#Cc1ccccc1-n1nc(C(=O)c2cccs2)cc(C2=Nc3ccccc3C2)c1=N. The smallest absolute Gasteiger partial charge is 0.223 e. The maximum absolute atomic E-state index is 13.1. The molecule has 31 heavy (non-hydrogen) atoms. The van der Waals surface area contributed by atoms with E-state index in [4.69, 9.17) is 10.4 Å². The van der Waals surface area contributed by atoms with Crippen LogP contribution >= 0.6 is 11.3 Å². The van der Waals surface area contributed by atoms with Crippen molar-refractivity contribution in [3.8, 4) is 11.8 Å². The highest BCUT2D eigenvalue weighted by Gasteiger charge is 2.22. The second kappa shape index (κ2) is 7.59. The maximum Gasteiger partial charge on any atom is 0.223 e. The highest BCUT2D eigenvalue weighted by Crippen LogP contribution is 2.28. The lowest BCUT2D eigenvalue weighted by Crippen LogP contribution is -2.30. The fourth-order valence-corrected chi connectivity index (χ4v) is 4.26. The summed E-state index contributed by atoms with van der Waals surface area (Å²) in [4.78, 5) is 18.4. The van der Waals surface area contributed by atoms with Crippen LogP contribution in [0.5, 0.6) is 0 Å². The van der Waals surface area contributed by atoms with E-state index >= 15 is 0 Å². The minimum Gasteiger partial charge on any atom is -0.286 e. The standard InChI is InChI=1S/C24H15N5OS/c25-14-16-7-2-4-9-21(16)29-24(26)17(19-12-15-6-1-3-8-18(15)27-19)13-20(28-29)23(30)22-10-5-11-31-22/h1-11,13,26H,12H2. The van der Waals surface area contributed by atoms with Crippen LogP contribution in [-0.4, -0.2) is 21.3 Å². The Labute approximate surface area is 181 Å². The molecule has 0 aliphatic carbocycles. The van der Waals surface area contributed by atoms with E-state index in [2.05, 4.69) is 11.2 Å². The van der Waals surface area contributed by atoms with Crippen LogP contribution in [0.3, 0.4) is 0 Å². The van der Waals surface area contributed by atoms with Crippen molar-refractivity contribution in [2.75, 3.05) is 0 Å². The Morgan fingerprint density at radius 3 is 2.68 bits per heavy atom. The molecular weight excluding hydrogens is 406 g/mol. The number of nitrogens with zero attached hydrogens (tertiary/aromatic N) is 4. The Balaban J connectivity index is 1.73. The Kier molecular flexibility index (Phi) is 4.62. The summed E-state index contributed by atoms with van der Waals surface area (Å²) in [5.41, 5.74) is 4.28. The summed E-state index contributed by atoms with van der Waals surface area (Å²) in [6.45, 7) is 0. The number of rotatable bonds is 4. The Morgan fingerprint density at radius 2 is 1.90 bits per heavy atom. The van der Waals surface area contributed by atoms with Crippen LogP contribution < -0.4 is 5.49 Å². The van der Waals surface area contributed by atoms with E-state index in [1.165, 1.54) is 16.0 Å². The normalized spacial score (nSPS) is 12.2. The summed E-state index contributed by atoms with van der Waals surface area (Å²) in [5, 5.41) is 24.7. The lowest BCUT2D eigenvalue weighted by atomic mass is 10.0. The summed E-state index contributed by atoms with van der Waals surface area (Å²) >= 11 is 1.34. The number of para-hydroxylation sites is 2. The summed E-state index contributed by atoms with van der Waals surface area (Å²) in [6.07, 6.45) is 0.568. The average molecular weight is 421 g/mol. The minimum absolute atomic E-state index is 0.0805. The van der Waals surface area contributed by atoms with E-state index in [-0.39, 0.29) is 17.0 Å². The number of aromatic nitrogens is 2. The number of benzene rings is 2. The molecule has 0 fully saturated rings. The Bertz CT molecular complexity index is 1460. The number of fused-ring (bicyclic) bond motifs is 1. The molecule has 0 amide bonds. The van der Waals surface area contributed by atoms with Crippen LogP contribution in [0, 0.1) is 16.7 Å². The van der Waals surface area contributed by atoms with E-state index < -0.39 is 0 Å². The van der Waals surface area contributed by atoms with Gasteiger partial charge in [0.05, 0.1) is 27.5 Å². The van der Waals surface area contributed by atoms with Gasteiger partial charge in [-0.15, -0.1) is 11.3 Å². The third-order valence-corrected chi connectivity index (χ3v) is 5.97. The Hall–Kier alpha value is -4.15. The predicted octanol–water partition coefficient (Wildman–Crippen LogP) is 4.19.